The van der Waals surface area contributed by atoms with E-state index in [0.29, 0.717) is 6.04 Å². The Kier molecular flexibility index (Phi) is 5.79. The third-order valence-corrected chi connectivity index (χ3v) is 4.24. The minimum Gasteiger partial charge on any atom is -0.335 e. The van der Waals surface area contributed by atoms with Crippen LogP contribution in [-0.2, 0) is 4.79 Å². The van der Waals surface area contributed by atoms with E-state index in [1.165, 1.54) is 6.42 Å². The molecule has 1 unspecified atom stereocenters. The number of rotatable bonds is 4. The van der Waals surface area contributed by atoms with Gasteiger partial charge in [0.15, 0.2) is 0 Å². The van der Waals surface area contributed by atoms with Gasteiger partial charge in [-0.05, 0) is 32.9 Å². The van der Waals surface area contributed by atoms with Crippen LogP contribution in [0, 0.1) is 0 Å². The molecular formula is C14H26N4O2. The molecule has 20 heavy (non-hydrogen) atoms. The Morgan fingerprint density at radius 2 is 1.95 bits per heavy atom. The molecule has 2 rings (SSSR count). The first-order valence-electron chi connectivity index (χ1n) is 7.66. The van der Waals surface area contributed by atoms with Crippen LogP contribution < -0.4 is 16.0 Å². The molecule has 2 aliphatic rings. The fraction of sp³-hybridized carbons (Fsp3) is 0.857. The van der Waals surface area contributed by atoms with Crippen LogP contribution in [0.25, 0.3) is 0 Å². The van der Waals surface area contributed by atoms with Crippen LogP contribution in [0.5, 0.6) is 0 Å². The largest absolute Gasteiger partial charge is 0.335 e. The van der Waals surface area contributed by atoms with Crippen molar-refractivity contribution in [1.82, 2.24) is 20.9 Å². The van der Waals surface area contributed by atoms with Gasteiger partial charge in [-0.15, -0.1) is 0 Å². The number of hydrogen-bond acceptors (Lipinski definition) is 4. The van der Waals surface area contributed by atoms with E-state index in [4.69, 9.17) is 0 Å². The van der Waals surface area contributed by atoms with Gasteiger partial charge in [-0.25, -0.2) is 4.79 Å². The third kappa shape index (κ3) is 4.76. The van der Waals surface area contributed by atoms with Crippen LogP contribution in [0.1, 0.15) is 38.5 Å². The Labute approximate surface area is 120 Å². The fourth-order valence-corrected chi connectivity index (χ4v) is 3.01. The third-order valence-electron chi connectivity index (χ3n) is 4.24. The first-order valence-corrected chi connectivity index (χ1v) is 7.66. The molecule has 3 N–H and O–H groups in total. The number of amides is 3. The van der Waals surface area contributed by atoms with Gasteiger partial charge < -0.3 is 10.6 Å². The average Bonchev–Trinajstić information content (AvgIpc) is 2.93. The van der Waals surface area contributed by atoms with Crippen molar-refractivity contribution in [3.63, 3.8) is 0 Å². The number of carbonyl (C=O) groups is 2. The van der Waals surface area contributed by atoms with Gasteiger partial charge in [0.1, 0.15) is 0 Å². The Bertz CT molecular complexity index is 336. The molecule has 0 aromatic heterocycles. The standard InChI is InChI=1S/C14H26N4O2/c1-18(12-7-8-15-9-12)10-13(19)17-14(20)16-11-5-3-2-4-6-11/h11-12,15H,2-10H2,1H3,(H2,16,17,19,20). The van der Waals surface area contributed by atoms with Crippen LogP contribution in [0.3, 0.4) is 0 Å². The molecule has 6 nitrogen and oxygen atoms in total. The summed E-state index contributed by atoms with van der Waals surface area (Å²) in [5.74, 6) is -0.229. The molecule has 2 fully saturated rings. The molecule has 1 heterocycles. The molecule has 0 spiro atoms. The highest BCUT2D eigenvalue weighted by Crippen LogP contribution is 2.17. The molecule has 1 saturated carbocycles. The first-order chi connectivity index (χ1) is 9.65. The zero-order valence-electron chi connectivity index (χ0n) is 12.3. The predicted octanol–water partition coefficient (Wildman–Crippen LogP) is 0.439. The lowest BCUT2D eigenvalue weighted by atomic mass is 9.96. The SMILES string of the molecule is CN(CC(=O)NC(=O)NC1CCCCC1)C1CCNC1. The fourth-order valence-electron chi connectivity index (χ4n) is 3.01. The maximum Gasteiger partial charge on any atom is 0.321 e. The van der Waals surface area contributed by atoms with Crippen molar-refractivity contribution in [3.05, 3.63) is 0 Å². The maximum absolute atomic E-state index is 11.8. The number of carbonyl (C=O) groups excluding carboxylic acids is 2. The number of hydrogen-bond donors (Lipinski definition) is 3. The van der Waals surface area contributed by atoms with Crippen molar-refractivity contribution >= 4 is 11.9 Å². The highest BCUT2D eigenvalue weighted by Gasteiger charge is 2.22. The van der Waals surface area contributed by atoms with E-state index in [2.05, 4.69) is 16.0 Å². The smallest absolute Gasteiger partial charge is 0.321 e. The minimum atomic E-state index is -0.347. The van der Waals surface area contributed by atoms with Crippen molar-refractivity contribution in [2.45, 2.75) is 50.6 Å². The number of urea groups is 1. The minimum absolute atomic E-state index is 0.229. The second-order valence-electron chi connectivity index (χ2n) is 5.92. The zero-order chi connectivity index (χ0) is 14.4. The summed E-state index contributed by atoms with van der Waals surface area (Å²) in [6, 6.07) is 0.273. The van der Waals surface area contributed by atoms with Gasteiger partial charge in [0, 0.05) is 18.6 Å². The Hall–Kier alpha value is -1.14. The summed E-state index contributed by atoms with van der Waals surface area (Å²) in [6.07, 6.45) is 6.67. The summed E-state index contributed by atoms with van der Waals surface area (Å²) in [4.78, 5) is 25.6. The van der Waals surface area contributed by atoms with Crippen LogP contribution in [0.15, 0.2) is 0 Å². The van der Waals surface area contributed by atoms with Gasteiger partial charge in [0.05, 0.1) is 6.54 Å². The Morgan fingerprint density at radius 1 is 1.20 bits per heavy atom. The number of nitrogens with zero attached hydrogens (tertiary/aromatic N) is 1. The van der Waals surface area contributed by atoms with Crippen LogP contribution in [0.4, 0.5) is 4.79 Å². The van der Waals surface area contributed by atoms with Gasteiger partial charge in [-0.1, -0.05) is 19.3 Å². The Balaban J connectivity index is 1.66. The Morgan fingerprint density at radius 3 is 2.60 bits per heavy atom. The molecule has 0 radical (unpaired) electrons. The van der Waals surface area contributed by atoms with E-state index in [9.17, 15) is 9.59 Å². The van der Waals surface area contributed by atoms with E-state index in [-0.39, 0.29) is 24.5 Å². The van der Waals surface area contributed by atoms with Gasteiger partial charge in [0.25, 0.3) is 0 Å². The molecule has 6 heteroatoms. The normalized spacial score (nSPS) is 23.8. The van der Waals surface area contributed by atoms with Crippen LogP contribution in [-0.4, -0.2) is 55.6 Å². The monoisotopic (exact) mass is 282 g/mol. The summed E-state index contributed by atoms with van der Waals surface area (Å²) in [5.41, 5.74) is 0. The molecule has 1 aliphatic carbocycles. The van der Waals surface area contributed by atoms with Crippen molar-refractivity contribution in [2.75, 3.05) is 26.7 Å². The molecule has 0 aromatic rings. The van der Waals surface area contributed by atoms with Gasteiger partial charge in [-0.3, -0.25) is 15.0 Å². The molecule has 0 aromatic carbocycles. The van der Waals surface area contributed by atoms with Crippen LogP contribution in [0.2, 0.25) is 0 Å². The van der Waals surface area contributed by atoms with Crippen LogP contribution >= 0.6 is 0 Å². The maximum atomic E-state index is 11.8. The lowest BCUT2D eigenvalue weighted by Gasteiger charge is -2.24. The summed E-state index contributed by atoms with van der Waals surface area (Å²) < 4.78 is 0. The average molecular weight is 282 g/mol. The predicted molar refractivity (Wildman–Crippen MR) is 77.5 cm³/mol. The molecule has 3 amide bonds. The lowest BCUT2D eigenvalue weighted by Crippen LogP contribution is -2.49. The molecule has 0 bridgehead atoms. The number of likely N-dealkylation sites (N-methyl/N-ethyl adjacent to an activating group) is 1. The summed E-state index contributed by atoms with van der Waals surface area (Å²) in [7, 11) is 1.93. The quantitative estimate of drug-likeness (QED) is 0.699. The zero-order valence-corrected chi connectivity index (χ0v) is 12.3. The van der Waals surface area contributed by atoms with E-state index >= 15 is 0 Å². The van der Waals surface area contributed by atoms with E-state index in [0.717, 1.165) is 45.2 Å². The second-order valence-corrected chi connectivity index (χ2v) is 5.92. The van der Waals surface area contributed by atoms with E-state index in [1.54, 1.807) is 0 Å². The van der Waals surface area contributed by atoms with Crippen molar-refractivity contribution < 1.29 is 9.59 Å². The molecule has 1 saturated heterocycles. The summed E-state index contributed by atoms with van der Waals surface area (Å²) in [5, 5.41) is 8.59. The summed E-state index contributed by atoms with van der Waals surface area (Å²) >= 11 is 0. The van der Waals surface area contributed by atoms with E-state index < -0.39 is 0 Å². The molecule has 1 aliphatic heterocycles. The highest BCUT2D eigenvalue weighted by molar-refractivity contribution is 5.95. The number of nitrogens with one attached hydrogen (secondary N) is 3. The van der Waals surface area contributed by atoms with E-state index in [1.807, 2.05) is 11.9 Å². The van der Waals surface area contributed by atoms with Crippen molar-refractivity contribution in [1.29, 1.82) is 0 Å². The molecule has 114 valence electrons. The van der Waals surface area contributed by atoms with Crippen molar-refractivity contribution in [3.8, 4) is 0 Å². The first kappa shape index (κ1) is 15.3. The lowest BCUT2D eigenvalue weighted by molar-refractivity contribution is -0.121. The van der Waals surface area contributed by atoms with Gasteiger partial charge >= 0.3 is 6.03 Å². The summed E-state index contributed by atoms with van der Waals surface area (Å²) in [6.45, 7) is 2.18. The number of imide groups is 1. The highest BCUT2D eigenvalue weighted by atomic mass is 16.2. The molecular weight excluding hydrogens is 256 g/mol. The second kappa shape index (κ2) is 7.59. The van der Waals surface area contributed by atoms with Crippen molar-refractivity contribution in [2.24, 2.45) is 0 Å². The van der Waals surface area contributed by atoms with Gasteiger partial charge in [0.2, 0.25) is 5.91 Å². The van der Waals surface area contributed by atoms with Gasteiger partial charge in [-0.2, -0.15) is 0 Å². The topological polar surface area (TPSA) is 73.5 Å². The molecule has 1 atom stereocenters.